The van der Waals surface area contributed by atoms with Crippen LogP contribution in [0, 0.1) is 28.9 Å². The molecule has 2 aromatic carbocycles. The molecule has 2 N–H and O–H groups in total. The van der Waals surface area contributed by atoms with E-state index in [1.54, 1.807) is 18.3 Å². The standard InChI is InChI=1S/C28H26N4O6/c1-17-6-2-3-8-21(17)24-22-23(26(34)31(25(22)33)15-13-19-7-4-5-14-29-19)28(30-24,27(35)36)16-18-9-11-20(12-10-18)32(37)38/h2-12,14,22-24,30H,13,15-16H2,1H3,(H,35,36). The van der Waals surface area contributed by atoms with Crippen molar-refractivity contribution in [1.29, 1.82) is 0 Å². The van der Waals surface area contributed by atoms with Crippen molar-refractivity contribution in [2.75, 3.05) is 6.54 Å². The summed E-state index contributed by atoms with van der Waals surface area (Å²) in [5, 5.41) is 24.9. The fourth-order valence-electron chi connectivity index (χ4n) is 5.75. The van der Waals surface area contributed by atoms with Gasteiger partial charge in [-0.3, -0.25) is 39.7 Å². The van der Waals surface area contributed by atoms with Gasteiger partial charge in [0, 0.05) is 49.5 Å². The summed E-state index contributed by atoms with van der Waals surface area (Å²) in [6, 6.07) is 17.7. The van der Waals surface area contributed by atoms with E-state index in [2.05, 4.69) is 10.3 Å². The number of aliphatic carboxylic acids is 1. The van der Waals surface area contributed by atoms with Crippen LogP contribution in [0.2, 0.25) is 0 Å². The fourth-order valence-corrected chi connectivity index (χ4v) is 5.75. The van der Waals surface area contributed by atoms with Crippen LogP contribution >= 0.6 is 0 Å². The average molecular weight is 515 g/mol. The number of nitro groups is 1. The lowest BCUT2D eigenvalue weighted by atomic mass is 9.76. The van der Waals surface area contributed by atoms with E-state index in [-0.39, 0.29) is 18.7 Å². The number of likely N-dealkylation sites (tertiary alicyclic amines) is 1. The number of nitro benzene ring substituents is 1. The van der Waals surface area contributed by atoms with Gasteiger partial charge >= 0.3 is 5.97 Å². The second-order valence-corrected chi connectivity index (χ2v) is 9.76. The molecular formula is C28H26N4O6. The predicted molar refractivity (Wildman–Crippen MR) is 136 cm³/mol. The number of carbonyl (C=O) groups excluding carboxylic acids is 2. The number of carboxylic acid groups (broad SMARTS) is 1. The van der Waals surface area contributed by atoms with E-state index in [1.807, 2.05) is 37.3 Å². The van der Waals surface area contributed by atoms with Gasteiger partial charge in [-0.15, -0.1) is 0 Å². The molecule has 5 rings (SSSR count). The molecule has 0 radical (unpaired) electrons. The number of nitrogens with zero attached hydrogens (tertiary/aromatic N) is 3. The van der Waals surface area contributed by atoms with Crippen molar-refractivity contribution in [2.24, 2.45) is 11.8 Å². The molecular weight excluding hydrogens is 488 g/mol. The molecule has 3 aromatic rings. The smallest absolute Gasteiger partial charge is 0.325 e. The van der Waals surface area contributed by atoms with E-state index in [0.717, 1.165) is 11.1 Å². The molecule has 194 valence electrons. The summed E-state index contributed by atoms with van der Waals surface area (Å²) in [5.41, 5.74) is 0.923. The first-order chi connectivity index (χ1) is 18.2. The van der Waals surface area contributed by atoms with Crippen LogP contribution in [0.3, 0.4) is 0 Å². The Balaban J connectivity index is 1.55. The van der Waals surface area contributed by atoms with Gasteiger partial charge in [0.2, 0.25) is 11.8 Å². The first-order valence-electron chi connectivity index (χ1n) is 12.3. The highest BCUT2D eigenvalue weighted by Crippen LogP contribution is 2.50. The van der Waals surface area contributed by atoms with E-state index in [4.69, 9.17) is 0 Å². The predicted octanol–water partition coefficient (Wildman–Crippen LogP) is 2.85. The summed E-state index contributed by atoms with van der Waals surface area (Å²) in [5.74, 6) is -4.28. The number of carboxylic acids is 1. The number of aryl methyl sites for hydroxylation is 1. The van der Waals surface area contributed by atoms with Crippen LogP contribution in [-0.4, -0.2) is 49.8 Å². The van der Waals surface area contributed by atoms with Crippen molar-refractivity contribution < 1.29 is 24.4 Å². The normalized spacial score (nSPS) is 24.4. The van der Waals surface area contributed by atoms with Gasteiger partial charge in [-0.25, -0.2) is 0 Å². The van der Waals surface area contributed by atoms with Gasteiger partial charge in [0.05, 0.1) is 16.8 Å². The maximum absolute atomic E-state index is 13.8. The minimum atomic E-state index is -1.79. The lowest BCUT2D eigenvalue weighted by molar-refractivity contribution is -0.384. The maximum Gasteiger partial charge on any atom is 0.325 e. The number of hydrogen-bond donors (Lipinski definition) is 2. The Kier molecular flexibility index (Phi) is 6.50. The van der Waals surface area contributed by atoms with Gasteiger partial charge in [-0.1, -0.05) is 42.5 Å². The van der Waals surface area contributed by atoms with Gasteiger partial charge in [-0.2, -0.15) is 0 Å². The molecule has 2 aliphatic rings. The summed E-state index contributed by atoms with van der Waals surface area (Å²) in [6.45, 7) is 1.97. The molecule has 0 aliphatic carbocycles. The third kappa shape index (κ3) is 4.22. The number of benzene rings is 2. The van der Waals surface area contributed by atoms with Crippen molar-refractivity contribution in [2.45, 2.75) is 31.3 Å². The van der Waals surface area contributed by atoms with Gasteiger partial charge in [0.1, 0.15) is 5.54 Å². The van der Waals surface area contributed by atoms with Crippen molar-refractivity contribution >= 4 is 23.5 Å². The molecule has 1 aromatic heterocycles. The topological polar surface area (TPSA) is 143 Å². The Morgan fingerprint density at radius 1 is 1.08 bits per heavy atom. The molecule has 4 atom stereocenters. The Morgan fingerprint density at radius 3 is 2.42 bits per heavy atom. The zero-order valence-corrected chi connectivity index (χ0v) is 20.6. The van der Waals surface area contributed by atoms with Gasteiger partial charge in [0.25, 0.3) is 5.69 Å². The molecule has 2 fully saturated rings. The van der Waals surface area contributed by atoms with E-state index >= 15 is 0 Å². The molecule has 2 amide bonds. The third-order valence-electron chi connectivity index (χ3n) is 7.60. The van der Waals surface area contributed by atoms with Crippen LogP contribution in [0.4, 0.5) is 5.69 Å². The lowest BCUT2D eigenvalue weighted by Crippen LogP contribution is -2.57. The number of rotatable bonds is 8. The third-order valence-corrected chi connectivity index (χ3v) is 7.60. The van der Waals surface area contributed by atoms with Crippen LogP contribution in [0.1, 0.15) is 28.4 Å². The van der Waals surface area contributed by atoms with Crippen molar-refractivity contribution in [1.82, 2.24) is 15.2 Å². The highest BCUT2D eigenvalue weighted by atomic mass is 16.6. The second-order valence-electron chi connectivity index (χ2n) is 9.76. The van der Waals surface area contributed by atoms with Crippen LogP contribution in [0.25, 0.3) is 0 Å². The van der Waals surface area contributed by atoms with Crippen molar-refractivity contribution in [3.8, 4) is 0 Å². The number of nitrogens with one attached hydrogen (secondary N) is 1. The molecule has 0 bridgehead atoms. The monoisotopic (exact) mass is 514 g/mol. The first kappa shape index (κ1) is 25.2. The van der Waals surface area contributed by atoms with Crippen molar-refractivity contribution in [3.05, 3.63) is 105 Å². The van der Waals surface area contributed by atoms with Crippen LogP contribution in [0.5, 0.6) is 0 Å². The Hall–Kier alpha value is -4.44. The summed E-state index contributed by atoms with van der Waals surface area (Å²) in [7, 11) is 0. The molecule has 0 spiro atoms. The van der Waals surface area contributed by atoms with E-state index < -0.39 is 46.1 Å². The van der Waals surface area contributed by atoms with E-state index in [9.17, 15) is 29.6 Å². The number of fused-ring (bicyclic) bond motifs is 1. The largest absolute Gasteiger partial charge is 0.480 e. The highest BCUT2D eigenvalue weighted by molar-refractivity contribution is 6.09. The number of pyridine rings is 1. The molecule has 4 unspecified atom stereocenters. The number of hydrogen-bond acceptors (Lipinski definition) is 7. The van der Waals surface area contributed by atoms with Crippen LogP contribution in [-0.2, 0) is 27.2 Å². The molecule has 2 aliphatic heterocycles. The molecule has 38 heavy (non-hydrogen) atoms. The van der Waals surface area contributed by atoms with Gasteiger partial charge in [-0.05, 0) is 35.7 Å². The fraction of sp³-hybridized carbons (Fsp3) is 0.286. The summed E-state index contributed by atoms with van der Waals surface area (Å²) >= 11 is 0. The van der Waals surface area contributed by atoms with Gasteiger partial charge in [0.15, 0.2) is 0 Å². The minimum Gasteiger partial charge on any atom is -0.480 e. The number of imide groups is 1. The summed E-state index contributed by atoms with van der Waals surface area (Å²) in [6.07, 6.45) is 1.86. The van der Waals surface area contributed by atoms with E-state index in [0.29, 0.717) is 17.7 Å². The highest BCUT2D eigenvalue weighted by Gasteiger charge is 2.68. The SMILES string of the molecule is Cc1ccccc1C1NC(Cc2ccc([N+](=O)[O-])cc2)(C(=O)O)C2C(=O)N(CCc3ccccn3)C(=O)C12. The van der Waals surface area contributed by atoms with Gasteiger partial charge < -0.3 is 5.11 Å². The van der Waals surface area contributed by atoms with E-state index in [1.165, 1.54) is 29.2 Å². The quantitative estimate of drug-likeness (QED) is 0.265. The van der Waals surface area contributed by atoms with Crippen molar-refractivity contribution in [3.63, 3.8) is 0 Å². The summed E-state index contributed by atoms with van der Waals surface area (Å²) in [4.78, 5) is 56.6. The molecule has 10 heteroatoms. The molecule has 2 saturated heterocycles. The Morgan fingerprint density at radius 2 is 1.79 bits per heavy atom. The Labute approximate surface area is 218 Å². The number of aromatic nitrogens is 1. The zero-order chi connectivity index (χ0) is 27.0. The zero-order valence-electron chi connectivity index (χ0n) is 20.6. The maximum atomic E-state index is 13.8. The van der Waals surface area contributed by atoms with Crippen LogP contribution < -0.4 is 5.32 Å². The lowest BCUT2D eigenvalue weighted by Gasteiger charge is -2.31. The molecule has 3 heterocycles. The number of amides is 2. The van der Waals surface area contributed by atoms with Crippen LogP contribution in [0.15, 0.2) is 72.9 Å². The first-order valence-corrected chi connectivity index (χ1v) is 12.3. The average Bonchev–Trinajstić information content (AvgIpc) is 3.37. The molecule has 0 saturated carbocycles. The minimum absolute atomic E-state index is 0.0927. The Bertz CT molecular complexity index is 1410. The molecule has 10 nitrogen and oxygen atoms in total. The second kappa shape index (κ2) is 9.79. The summed E-state index contributed by atoms with van der Waals surface area (Å²) < 4.78 is 0. The number of carbonyl (C=O) groups is 3. The number of non-ortho nitro benzene ring substituents is 1.